The van der Waals surface area contributed by atoms with Crippen LogP contribution in [0.1, 0.15) is 49.9 Å². The van der Waals surface area contributed by atoms with Crippen molar-refractivity contribution in [3.63, 3.8) is 0 Å². The fourth-order valence-electron chi connectivity index (χ4n) is 2.42. The average molecular weight is 267 g/mol. The number of rotatable bonds is 4. The van der Waals surface area contributed by atoms with Crippen LogP contribution < -0.4 is 15.2 Å². The van der Waals surface area contributed by atoms with E-state index in [0.717, 1.165) is 24.2 Å². The van der Waals surface area contributed by atoms with E-state index in [-0.39, 0.29) is 5.92 Å². The lowest BCUT2D eigenvalue weighted by Crippen LogP contribution is -2.08. The lowest BCUT2D eigenvalue weighted by Gasteiger charge is -2.19. The molecule has 0 radical (unpaired) electrons. The van der Waals surface area contributed by atoms with Gasteiger partial charge in [-0.2, -0.15) is 0 Å². The number of halogens is 1. The lowest BCUT2D eigenvalue weighted by molar-refractivity contribution is 0.296. The van der Waals surface area contributed by atoms with Gasteiger partial charge in [0.05, 0.1) is 13.2 Å². The Morgan fingerprint density at radius 1 is 1.16 bits per heavy atom. The van der Waals surface area contributed by atoms with Crippen LogP contribution in [0.5, 0.6) is 11.5 Å². The summed E-state index contributed by atoms with van der Waals surface area (Å²) in [4.78, 5) is 0. The van der Waals surface area contributed by atoms with Crippen molar-refractivity contribution in [1.82, 2.24) is 0 Å². The van der Waals surface area contributed by atoms with Gasteiger partial charge in [0.15, 0.2) is 11.5 Å². The highest BCUT2D eigenvalue weighted by molar-refractivity contribution is 5.49. The summed E-state index contributed by atoms with van der Waals surface area (Å²) >= 11 is 0. The monoisotopic (exact) mass is 267 g/mol. The molecule has 1 aliphatic heterocycles. The number of fused-ring (bicyclic) bond motifs is 1. The van der Waals surface area contributed by atoms with Crippen molar-refractivity contribution in [2.24, 2.45) is 5.73 Å². The van der Waals surface area contributed by atoms with Crippen molar-refractivity contribution in [3.05, 3.63) is 23.3 Å². The summed E-state index contributed by atoms with van der Waals surface area (Å²) in [5.41, 5.74) is 7.27. The summed E-state index contributed by atoms with van der Waals surface area (Å²) < 4.78 is 25.1. The molecular weight excluding hydrogens is 245 g/mol. The zero-order valence-corrected chi connectivity index (χ0v) is 11.6. The second kappa shape index (κ2) is 6.24. The van der Waals surface area contributed by atoms with Crippen LogP contribution in [0.2, 0.25) is 0 Å². The predicted molar refractivity (Wildman–Crippen MR) is 73.7 cm³/mol. The van der Waals surface area contributed by atoms with Crippen LogP contribution in [-0.4, -0.2) is 19.8 Å². The smallest absolute Gasteiger partial charge is 0.161 e. The predicted octanol–water partition coefficient (Wildman–Crippen LogP) is 3.33. The molecule has 2 rings (SSSR count). The molecule has 0 amide bonds. The average Bonchev–Trinajstić information content (AvgIpc) is 2.61. The second-order valence-electron chi connectivity index (χ2n) is 5.07. The third-order valence-electron chi connectivity index (χ3n) is 3.51. The molecule has 2 unspecified atom stereocenters. The van der Waals surface area contributed by atoms with E-state index in [0.29, 0.717) is 31.1 Å². The van der Waals surface area contributed by atoms with E-state index >= 15 is 0 Å². The maximum absolute atomic E-state index is 13.8. The highest BCUT2D eigenvalue weighted by Gasteiger charge is 2.20. The van der Waals surface area contributed by atoms with Crippen LogP contribution in [0.25, 0.3) is 0 Å². The third kappa shape index (κ3) is 3.18. The van der Waals surface area contributed by atoms with Crippen molar-refractivity contribution in [2.75, 3.05) is 19.8 Å². The van der Waals surface area contributed by atoms with Crippen molar-refractivity contribution in [3.8, 4) is 11.5 Å². The molecule has 19 heavy (non-hydrogen) atoms. The second-order valence-corrected chi connectivity index (χ2v) is 5.07. The zero-order chi connectivity index (χ0) is 13.8. The summed E-state index contributed by atoms with van der Waals surface area (Å²) in [5, 5.41) is 0. The maximum atomic E-state index is 13.8. The van der Waals surface area contributed by atoms with E-state index in [4.69, 9.17) is 15.2 Å². The summed E-state index contributed by atoms with van der Waals surface area (Å²) in [5.74, 6) is 1.59. The fourth-order valence-corrected chi connectivity index (χ4v) is 2.42. The van der Waals surface area contributed by atoms with Gasteiger partial charge in [-0.05, 0) is 49.1 Å². The molecule has 1 aromatic carbocycles. The number of benzene rings is 1. The van der Waals surface area contributed by atoms with E-state index in [1.54, 1.807) is 13.0 Å². The van der Waals surface area contributed by atoms with Crippen molar-refractivity contribution in [2.45, 2.75) is 38.8 Å². The summed E-state index contributed by atoms with van der Waals surface area (Å²) in [6.07, 6.45) is 0.662. The molecule has 106 valence electrons. The molecule has 0 fully saturated rings. The van der Waals surface area contributed by atoms with Crippen molar-refractivity contribution in [1.29, 1.82) is 0 Å². The Morgan fingerprint density at radius 2 is 1.74 bits per heavy atom. The minimum atomic E-state index is -1.02. The van der Waals surface area contributed by atoms with Gasteiger partial charge < -0.3 is 15.2 Å². The summed E-state index contributed by atoms with van der Waals surface area (Å²) in [6.45, 7) is 5.47. The molecule has 0 aromatic heterocycles. The first-order chi connectivity index (χ1) is 9.13. The normalized spacial score (nSPS) is 17.7. The molecule has 2 atom stereocenters. The Bertz CT molecular complexity index is 434. The van der Waals surface area contributed by atoms with E-state index in [9.17, 15) is 4.39 Å². The minimum Gasteiger partial charge on any atom is -0.490 e. The van der Waals surface area contributed by atoms with E-state index in [1.807, 2.05) is 6.07 Å². The Balaban J connectivity index is 2.42. The van der Waals surface area contributed by atoms with Crippen LogP contribution in [0.3, 0.4) is 0 Å². The van der Waals surface area contributed by atoms with Gasteiger partial charge in [-0.3, -0.25) is 0 Å². The van der Waals surface area contributed by atoms with Crippen molar-refractivity contribution >= 4 is 0 Å². The zero-order valence-electron chi connectivity index (χ0n) is 11.6. The van der Waals surface area contributed by atoms with Crippen molar-refractivity contribution < 1.29 is 13.9 Å². The molecule has 0 aliphatic carbocycles. The van der Waals surface area contributed by atoms with E-state index in [1.165, 1.54) is 0 Å². The molecule has 1 heterocycles. The summed E-state index contributed by atoms with van der Waals surface area (Å²) in [6, 6.07) is 3.71. The van der Waals surface area contributed by atoms with Gasteiger partial charge in [0.25, 0.3) is 0 Å². The third-order valence-corrected chi connectivity index (χ3v) is 3.51. The molecular formula is C15H22FNO2. The highest BCUT2D eigenvalue weighted by Crippen LogP contribution is 2.39. The van der Waals surface area contributed by atoms with Gasteiger partial charge >= 0.3 is 0 Å². The standard InChI is InChI=1S/C15H22FNO2/c1-10(4-5-17)12-8-14-15(9-13(12)11(2)16)19-7-3-6-18-14/h8-11H,3-7,17H2,1-2H3. The molecule has 1 aliphatic rings. The van der Waals surface area contributed by atoms with Gasteiger partial charge in [-0.15, -0.1) is 0 Å². The first-order valence-electron chi connectivity index (χ1n) is 6.91. The number of ether oxygens (including phenoxy) is 2. The largest absolute Gasteiger partial charge is 0.490 e. The van der Waals surface area contributed by atoms with E-state index in [2.05, 4.69) is 6.92 Å². The first-order valence-corrected chi connectivity index (χ1v) is 6.91. The van der Waals surface area contributed by atoms with Gasteiger partial charge in [-0.25, -0.2) is 4.39 Å². The molecule has 0 spiro atoms. The number of alkyl halides is 1. The number of nitrogens with two attached hydrogens (primary N) is 1. The maximum Gasteiger partial charge on any atom is 0.161 e. The van der Waals surface area contributed by atoms with Gasteiger partial charge in [-0.1, -0.05) is 6.92 Å². The Hall–Kier alpha value is -1.29. The summed E-state index contributed by atoms with van der Waals surface area (Å²) in [7, 11) is 0. The van der Waals surface area contributed by atoms with E-state index < -0.39 is 6.17 Å². The van der Waals surface area contributed by atoms with Crippen LogP contribution in [0.15, 0.2) is 12.1 Å². The quantitative estimate of drug-likeness (QED) is 0.910. The minimum absolute atomic E-state index is 0.218. The molecule has 0 saturated heterocycles. The van der Waals surface area contributed by atoms with Gasteiger partial charge in [0.2, 0.25) is 0 Å². The molecule has 2 N–H and O–H groups in total. The molecule has 4 heteroatoms. The van der Waals surface area contributed by atoms with Crippen LogP contribution >= 0.6 is 0 Å². The van der Waals surface area contributed by atoms with Crippen LogP contribution in [-0.2, 0) is 0 Å². The topological polar surface area (TPSA) is 44.5 Å². The fraction of sp³-hybridized carbons (Fsp3) is 0.600. The van der Waals surface area contributed by atoms with Gasteiger partial charge in [0, 0.05) is 6.42 Å². The number of hydrogen-bond donors (Lipinski definition) is 1. The Morgan fingerprint density at radius 3 is 2.26 bits per heavy atom. The van der Waals surface area contributed by atoms with Gasteiger partial charge in [0.1, 0.15) is 6.17 Å². The SMILES string of the molecule is CC(F)c1cc2c(cc1C(C)CCN)OCCCO2. The molecule has 3 nitrogen and oxygen atoms in total. The Labute approximate surface area is 113 Å². The lowest BCUT2D eigenvalue weighted by atomic mass is 9.91. The highest BCUT2D eigenvalue weighted by atomic mass is 19.1. The molecule has 0 bridgehead atoms. The first kappa shape index (κ1) is 14.1. The Kier molecular flexibility index (Phi) is 4.64. The van der Waals surface area contributed by atoms with Crippen LogP contribution in [0.4, 0.5) is 4.39 Å². The van der Waals surface area contributed by atoms with Crippen LogP contribution in [0, 0.1) is 0 Å². The molecule has 0 saturated carbocycles. The number of hydrogen-bond acceptors (Lipinski definition) is 3. The molecule has 1 aromatic rings.